The Labute approximate surface area is 113 Å². The second-order valence-electron chi connectivity index (χ2n) is 4.88. The molecule has 0 amide bonds. The van der Waals surface area contributed by atoms with E-state index < -0.39 is 0 Å². The molecule has 1 fully saturated rings. The van der Waals surface area contributed by atoms with Crippen molar-refractivity contribution >= 4 is 5.97 Å². The van der Waals surface area contributed by atoms with E-state index >= 15 is 0 Å². The van der Waals surface area contributed by atoms with Crippen LogP contribution in [0.3, 0.4) is 0 Å². The molecule has 3 nitrogen and oxygen atoms in total. The zero-order chi connectivity index (χ0) is 13.7. The SMILES string of the molecule is CCOC(=O)CCN(Cc1ccc(F)cc1)C1CC1. The van der Waals surface area contributed by atoms with E-state index in [1.165, 1.54) is 25.0 Å². The molecular formula is C15H20FNO2. The van der Waals surface area contributed by atoms with Gasteiger partial charge in [0.15, 0.2) is 0 Å². The summed E-state index contributed by atoms with van der Waals surface area (Å²) >= 11 is 0. The van der Waals surface area contributed by atoms with E-state index in [9.17, 15) is 9.18 Å². The molecule has 1 aliphatic rings. The molecule has 2 rings (SSSR count). The predicted molar refractivity (Wildman–Crippen MR) is 71.1 cm³/mol. The summed E-state index contributed by atoms with van der Waals surface area (Å²) in [5.74, 6) is -0.361. The third-order valence-corrected chi connectivity index (χ3v) is 3.27. The van der Waals surface area contributed by atoms with Gasteiger partial charge < -0.3 is 4.74 Å². The Morgan fingerprint density at radius 3 is 2.63 bits per heavy atom. The first-order chi connectivity index (χ1) is 9.19. The van der Waals surface area contributed by atoms with Crippen LogP contribution < -0.4 is 0 Å². The van der Waals surface area contributed by atoms with Gasteiger partial charge in [0.2, 0.25) is 0 Å². The van der Waals surface area contributed by atoms with E-state index in [2.05, 4.69) is 4.90 Å². The number of hydrogen-bond acceptors (Lipinski definition) is 3. The van der Waals surface area contributed by atoms with Crippen molar-refractivity contribution in [3.05, 3.63) is 35.6 Å². The molecule has 0 radical (unpaired) electrons. The number of benzene rings is 1. The highest BCUT2D eigenvalue weighted by atomic mass is 19.1. The fourth-order valence-electron chi connectivity index (χ4n) is 2.12. The summed E-state index contributed by atoms with van der Waals surface area (Å²) in [6, 6.07) is 7.13. The summed E-state index contributed by atoms with van der Waals surface area (Å²) < 4.78 is 17.8. The summed E-state index contributed by atoms with van der Waals surface area (Å²) in [5.41, 5.74) is 1.08. The van der Waals surface area contributed by atoms with Crippen LogP contribution in [0.4, 0.5) is 4.39 Å². The number of hydrogen-bond donors (Lipinski definition) is 0. The number of carbonyl (C=O) groups is 1. The van der Waals surface area contributed by atoms with Crippen molar-refractivity contribution in [1.82, 2.24) is 4.90 Å². The summed E-state index contributed by atoms with van der Waals surface area (Å²) in [4.78, 5) is 13.7. The lowest BCUT2D eigenvalue weighted by Gasteiger charge is -2.21. The zero-order valence-electron chi connectivity index (χ0n) is 11.3. The Bertz CT molecular complexity index is 415. The fourth-order valence-corrected chi connectivity index (χ4v) is 2.12. The van der Waals surface area contributed by atoms with Gasteiger partial charge in [-0.25, -0.2) is 4.39 Å². The Hall–Kier alpha value is -1.42. The monoisotopic (exact) mass is 265 g/mol. The molecule has 0 N–H and O–H groups in total. The van der Waals surface area contributed by atoms with Gasteiger partial charge >= 0.3 is 5.97 Å². The van der Waals surface area contributed by atoms with E-state index in [0.29, 0.717) is 25.6 Å². The maximum atomic E-state index is 12.9. The number of halogens is 1. The standard InChI is InChI=1S/C15H20FNO2/c1-2-19-15(18)9-10-17(14-7-8-14)11-12-3-5-13(16)6-4-12/h3-6,14H,2,7-11H2,1H3. The Balaban J connectivity index is 1.86. The molecule has 1 aromatic carbocycles. The summed E-state index contributed by atoms with van der Waals surface area (Å²) in [7, 11) is 0. The van der Waals surface area contributed by atoms with E-state index in [4.69, 9.17) is 4.74 Å². The molecule has 4 heteroatoms. The Morgan fingerprint density at radius 2 is 2.05 bits per heavy atom. The highest BCUT2D eigenvalue weighted by molar-refractivity contribution is 5.69. The van der Waals surface area contributed by atoms with Gasteiger partial charge in [-0.1, -0.05) is 12.1 Å². The number of carbonyl (C=O) groups excluding carboxylic acids is 1. The van der Waals surface area contributed by atoms with Crippen LogP contribution in [0.25, 0.3) is 0 Å². The van der Waals surface area contributed by atoms with Crippen molar-refractivity contribution in [2.75, 3.05) is 13.2 Å². The lowest BCUT2D eigenvalue weighted by Crippen LogP contribution is -2.28. The lowest BCUT2D eigenvalue weighted by atomic mass is 10.2. The smallest absolute Gasteiger partial charge is 0.307 e. The topological polar surface area (TPSA) is 29.5 Å². The van der Waals surface area contributed by atoms with Gasteiger partial charge in [-0.2, -0.15) is 0 Å². The molecule has 0 heterocycles. The van der Waals surface area contributed by atoms with Crippen molar-refractivity contribution < 1.29 is 13.9 Å². The van der Waals surface area contributed by atoms with Crippen LogP contribution in [-0.2, 0) is 16.1 Å². The number of rotatable bonds is 7. The minimum atomic E-state index is -0.215. The molecule has 0 unspecified atom stereocenters. The Morgan fingerprint density at radius 1 is 1.37 bits per heavy atom. The van der Waals surface area contributed by atoms with Gasteiger partial charge in [-0.15, -0.1) is 0 Å². The first kappa shape index (κ1) is 14.0. The number of nitrogens with zero attached hydrogens (tertiary/aromatic N) is 1. The minimum absolute atomic E-state index is 0.146. The highest BCUT2D eigenvalue weighted by Gasteiger charge is 2.29. The van der Waals surface area contributed by atoms with E-state index in [1.54, 1.807) is 12.1 Å². The average molecular weight is 265 g/mol. The fraction of sp³-hybridized carbons (Fsp3) is 0.533. The molecule has 0 aliphatic heterocycles. The maximum absolute atomic E-state index is 12.9. The molecule has 1 aliphatic carbocycles. The molecular weight excluding hydrogens is 245 g/mol. The van der Waals surface area contributed by atoms with E-state index in [-0.39, 0.29) is 11.8 Å². The van der Waals surface area contributed by atoms with Gasteiger partial charge in [0.25, 0.3) is 0 Å². The van der Waals surface area contributed by atoms with Crippen molar-refractivity contribution in [2.24, 2.45) is 0 Å². The maximum Gasteiger partial charge on any atom is 0.307 e. The third kappa shape index (κ3) is 4.63. The average Bonchev–Trinajstić information content (AvgIpc) is 3.21. The summed E-state index contributed by atoms with van der Waals surface area (Å²) in [6.45, 7) is 3.72. The minimum Gasteiger partial charge on any atom is -0.466 e. The quantitative estimate of drug-likeness (QED) is 0.710. The van der Waals surface area contributed by atoms with Crippen LogP contribution in [-0.4, -0.2) is 30.1 Å². The van der Waals surface area contributed by atoms with Crippen LogP contribution in [0.2, 0.25) is 0 Å². The summed E-state index contributed by atoms with van der Waals surface area (Å²) in [6.07, 6.45) is 2.79. The molecule has 0 aromatic heterocycles. The van der Waals surface area contributed by atoms with Gasteiger partial charge in [0.1, 0.15) is 5.82 Å². The normalized spacial score (nSPS) is 14.7. The molecule has 1 aromatic rings. The third-order valence-electron chi connectivity index (χ3n) is 3.27. The van der Waals surface area contributed by atoms with Gasteiger partial charge in [0.05, 0.1) is 13.0 Å². The predicted octanol–water partition coefficient (Wildman–Crippen LogP) is 2.74. The van der Waals surface area contributed by atoms with Crippen molar-refractivity contribution in [3.63, 3.8) is 0 Å². The molecule has 19 heavy (non-hydrogen) atoms. The largest absolute Gasteiger partial charge is 0.466 e. The zero-order valence-corrected chi connectivity index (χ0v) is 11.3. The van der Waals surface area contributed by atoms with E-state index in [0.717, 1.165) is 12.1 Å². The van der Waals surface area contributed by atoms with Crippen LogP contribution in [0.1, 0.15) is 31.7 Å². The van der Waals surface area contributed by atoms with Crippen molar-refractivity contribution in [2.45, 2.75) is 38.8 Å². The first-order valence-electron chi connectivity index (χ1n) is 6.83. The second kappa shape index (κ2) is 6.66. The molecule has 104 valence electrons. The molecule has 0 bridgehead atoms. The van der Waals surface area contributed by atoms with Gasteiger partial charge in [-0.05, 0) is 37.5 Å². The lowest BCUT2D eigenvalue weighted by molar-refractivity contribution is -0.143. The molecule has 0 atom stereocenters. The van der Waals surface area contributed by atoms with Crippen molar-refractivity contribution in [3.8, 4) is 0 Å². The molecule has 0 spiro atoms. The first-order valence-corrected chi connectivity index (χ1v) is 6.83. The molecule has 1 saturated carbocycles. The second-order valence-corrected chi connectivity index (χ2v) is 4.88. The molecule has 0 saturated heterocycles. The van der Waals surface area contributed by atoms with Gasteiger partial charge in [0, 0.05) is 19.1 Å². The van der Waals surface area contributed by atoms with Crippen LogP contribution in [0.5, 0.6) is 0 Å². The number of ether oxygens (including phenoxy) is 1. The van der Waals surface area contributed by atoms with Gasteiger partial charge in [-0.3, -0.25) is 9.69 Å². The van der Waals surface area contributed by atoms with E-state index in [1.807, 2.05) is 6.92 Å². The Kier molecular flexibility index (Phi) is 4.91. The summed E-state index contributed by atoms with van der Waals surface area (Å²) in [5, 5.41) is 0. The van der Waals surface area contributed by atoms with Crippen molar-refractivity contribution in [1.29, 1.82) is 0 Å². The van der Waals surface area contributed by atoms with Crippen LogP contribution in [0.15, 0.2) is 24.3 Å². The van der Waals surface area contributed by atoms with Crippen LogP contribution >= 0.6 is 0 Å². The highest BCUT2D eigenvalue weighted by Crippen LogP contribution is 2.28. The number of esters is 1. The van der Waals surface area contributed by atoms with Crippen LogP contribution in [0, 0.1) is 5.82 Å².